The van der Waals surface area contributed by atoms with E-state index in [4.69, 9.17) is 9.94 Å². The molecule has 19 heavy (non-hydrogen) atoms. The largest absolute Gasteiger partial charge is 0.444 e. The van der Waals surface area contributed by atoms with Gasteiger partial charge in [0, 0.05) is 19.1 Å². The summed E-state index contributed by atoms with van der Waals surface area (Å²) in [5, 5.41) is 13.6. The lowest BCUT2D eigenvalue weighted by molar-refractivity contribution is -0.115. The molecule has 2 N–H and O–H groups in total. The highest BCUT2D eigenvalue weighted by molar-refractivity contribution is 6.26. The van der Waals surface area contributed by atoms with Crippen LogP contribution in [0, 0.1) is 0 Å². The number of nitrogens with one attached hydrogen (secondary N) is 1. The molecule has 0 saturated carbocycles. The van der Waals surface area contributed by atoms with E-state index in [-0.39, 0.29) is 12.1 Å². The van der Waals surface area contributed by atoms with Gasteiger partial charge in [-0.2, -0.15) is 0 Å². The van der Waals surface area contributed by atoms with Crippen molar-refractivity contribution in [3.05, 3.63) is 0 Å². The minimum Gasteiger partial charge on any atom is -0.444 e. The third-order valence-corrected chi connectivity index (χ3v) is 2.59. The molecule has 0 aromatic heterocycles. The van der Waals surface area contributed by atoms with E-state index >= 15 is 0 Å². The second kappa shape index (κ2) is 6.40. The molecule has 1 rings (SSSR count). The highest BCUT2D eigenvalue weighted by atomic mass is 16.6. The van der Waals surface area contributed by atoms with E-state index < -0.39 is 11.5 Å². The van der Waals surface area contributed by atoms with Crippen LogP contribution in [0.1, 0.15) is 33.6 Å². The first-order valence-electron chi connectivity index (χ1n) is 6.27. The Labute approximate surface area is 112 Å². The SMILES string of the molecule is CC(C)(C)OC(=O)N1CCC[C@H](NC(=O)/C=N\O)C1. The van der Waals surface area contributed by atoms with Crippen LogP contribution in [0.3, 0.4) is 0 Å². The average molecular weight is 271 g/mol. The number of carbonyl (C=O) groups excluding carboxylic acids is 2. The molecule has 7 heteroatoms. The number of hydrogen-bond acceptors (Lipinski definition) is 5. The maximum absolute atomic E-state index is 11.9. The molecule has 1 fully saturated rings. The van der Waals surface area contributed by atoms with Gasteiger partial charge in [-0.15, -0.1) is 0 Å². The van der Waals surface area contributed by atoms with Gasteiger partial charge in [0.15, 0.2) is 0 Å². The molecule has 0 bridgehead atoms. The van der Waals surface area contributed by atoms with Crippen LogP contribution in [-0.4, -0.2) is 53.1 Å². The standard InChI is InChI=1S/C12H21N3O4/c1-12(2,3)19-11(17)15-6-4-5-9(8-15)14-10(16)7-13-18/h7,9,18H,4-6,8H2,1-3H3,(H,14,16)/b13-7-/t9-/m0/s1. The van der Waals surface area contributed by atoms with E-state index in [0.717, 1.165) is 19.1 Å². The van der Waals surface area contributed by atoms with Crippen molar-refractivity contribution in [3.63, 3.8) is 0 Å². The van der Waals surface area contributed by atoms with Gasteiger partial charge in [-0.05, 0) is 33.6 Å². The molecule has 1 atom stereocenters. The summed E-state index contributed by atoms with van der Waals surface area (Å²) in [5.41, 5.74) is -0.531. The van der Waals surface area contributed by atoms with E-state index in [2.05, 4.69) is 10.5 Å². The van der Waals surface area contributed by atoms with Crippen molar-refractivity contribution in [2.24, 2.45) is 5.16 Å². The van der Waals surface area contributed by atoms with Crippen molar-refractivity contribution < 1.29 is 19.5 Å². The first-order chi connectivity index (χ1) is 8.81. The first kappa shape index (κ1) is 15.3. The Morgan fingerprint density at radius 3 is 2.74 bits per heavy atom. The minimum atomic E-state index is -0.531. The van der Waals surface area contributed by atoms with Crippen LogP contribution in [-0.2, 0) is 9.53 Å². The Morgan fingerprint density at radius 1 is 1.47 bits per heavy atom. The second-order valence-corrected chi connectivity index (χ2v) is 5.52. The van der Waals surface area contributed by atoms with Crippen molar-refractivity contribution >= 4 is 18.2 Å². The number of oxime groups is 1. The van der Waals surface area contributed by atoms with Crippen molar-refractivity contribution in [2.75, 3.05) is 13.1 Å². The van der Waals surface area contributed by atoms with Crippen LogP contribution in [0.2, 0.25) is 0 Å². The summed E-state index contributed by atoms with van der Waals surface area (Å²) in [5.74, 6) is -0.474. The number of rotatable bonds is 2. The van der Waals surface area contributed by atoms with Crippen molar-refractivity contribution in [1.29, 1.82) is 0 Å². The van der Waals surface area contributed by atoms with Gasteiger partial charge < -0.3 is 20.2 Å². The highest BCUT2D eigenvalue weighted by Gasteiger charge is 2.28. The zero-order valence-corrected chi connectivity index (χ0v) is 11.5. The summed E-state index contributed by atoms with van der Waals surface area (Å²) in [6.07, 6.45) is 2.00. The van der Waals surface area contributed by atoms with Gasteiger partial charge in [0.2, 0.25) is 0 Å². The molecule has 1 saturated heterocycles. The van der Waals surface area contributed by atoms with Crippen LogP contribution in [0.4, 0.5) is 4.79 Å². The van der Waals surface area contributed by atoms with Gasteiger partial charge in [0.25, 0.3) is 5.91 Å². The molecule has 2 amide bonds. The highest BCUT2D eigenvalue weighted by Crippen LogP contribution is 2.15. The zero-order chi connectivity index (χ0) is 14.5. The van der Waals surface area contributed by atoms with Crippen LogP contribution in [0.5, 0.6) is 0 Å². The van der Waals surface area contributed by atoms with E-state index in [9.17, 15) is 9.59 Å². The van der Waals surface area contributed by atoms with Gasteiger partial charge in [-0.3, -0.25) is 4.79 Å². The zero-order valence-electron chi connectivity index (χ0n) is 11.5. The summed E-state index contributed by atoms with van der Waals surface area (Å²) in [6.45, 7) is 6.46. The quantitative estimate of drug-likeness (QED) is 0.444. The fraction of sp³-hybridized carbons (Fsp3) is 0.750. The molecule has 0 spiro atoms. The Balaban J connectivity index is 2.50. The Morgan fingerprint density at radius 2 is 2.16 bits per heavy atom. The lowest BCUT2D eigenvalue weighted by atomic mass is 10.1. The van der Waals surface area contributed by atoms with E-state index in [0.29, 0.717) is 13.1 Å². The lowest BCUT2D eigenvalue weighted by Gasteiger charge is -2.34. The van der Waals surface area contributed by atoms with Crippen LogP contribution in [0.15, 0.2) is 5.16 Å². The summed E-state index contributed by atoms with van der Waals surface area (Å²) in [4.78, 5) is 24.7. The molecule has 108 valence electrons. The van der Waals surface area contributed by atoms with Gasteiger partial charge in [-0.1, -0.05) is 5.16 Å². The normalized spacial score (nSPS) is 20.4. The molecule has 7 nitrogen and oxygen atoms in total. The number of likely N-dealkylation sites (tertiary alicyclic amines) is 1. The number of ether oxygens (including phenoxy) is 1. The molecule has 0 aliphatic carbocycles. The summed E-state index contributed by atoms with van der Waals surface area (Å²) in [7, 11) is 0. The average Bonchev–Trinajstić information content (AvgIpc) is 2.27. The Kier molecular flexibility index (Phi) is 5.14. The van der Waals surface area contributed by atoms with Gasteiger partial charge >= 0.3 is 6.09 Å². The van der Waals surface area contributed by atoms with E-state index in [1.807, 2.05) is 20.8 Å². The second-order valence-electron chi connectivity index (χ2n) is 5.52. The molecule has 1 aliphatic rings. The number of hydrogen-bond donors (Lipinski definition) is 2. The third-order valence-electron chi connectivity index (χ3n) is 2.59. The van der Waals surface area contributed by atoms with Crippen LogP contribution >= 0.6 is 0 Å². The maximum atomic E-state index is 11.9. The molecule has 0 aromatic rings. The van der Waals surface area contributed by atoms with Gasteiger partial charge in [-0.25, -0.2) is 4.79 Å². The predicted octanol–water partition coefficient (Wildman–Crippen LogP) is 0.962. The Bertz CT molecular complexity index is 362. The van der Waals surface area contributed by atoms with Gasteiger partial charge in [0.1, 0.15) is 11.8 Å². The molecule has 1 heterocycles. The van der Waals surface area contributed by atoms with E-state index in [1.165, 1.54) is 0 Å². The van der Waals surface area contributed by atoms with Crippen molar-refractivity contribution in [2.45, 2.75) is 45.3 Å². The molecule has 0 unspecified atom stereocenters. The van der Waals surface area contributed by atoms with Crippen LogP contribution in [0.25, 0.3) is 0 Å². The molecule has 1 aliphatic heterocycles. The molecule has 0 radical (unpaired) electrons. The number of amides is 2. The van der Waals surface area contributed by atoms with Crippen LogP contribution < -0.4 is 5.32 Å². The fourth-order valence-electron chi connectivity index (χ4n) is 1.88. The number of carbonyl (C=O) groups is 2. The molecular weight excluding hydrogens is 250 g/mol. The molecule has 0 aromatic carbocycles. The predicted molar refractivity (Wildman–Crippen MR) is 69.3 cm³/mol. The smallest absolute Gasteiger partial charge is 0.410 e. The topological polar surface area (TPSA) is 91.2 Å². The summed E-state index contributed by atoms with van der Waals surface area (Å²) in [6, 6.07) is -0.147. The van der Waals surface area contributed by atoms with Crippen molar-refractivity contribution in [3.8, 4) is 0 Å². The fourth-order valence-corrected chi connectivity index (χ4v) is 1.88. The Hall–Kier alpha value is -1.79. The monoisotopic (exact) mass is 271 g/mol. The third kappa shape index (κ3) is 5.58. The van der Waals surface area contributed by atoms with E-state index in [1.54, 1.807) is 4.90 Å². The summed E-state index contributed by atoms with van der Waals surface area (Å²) >= 11 is 0. The molecular formula is C12H21N3O4. The van der Waals surface area contributed by atoms with Crippen molar-refractivity contribution in [1.82, 2.24) is 10.2 Å². The lowest BCUT2D eigenvalue weighted by Crippen LogP contribution is -2.50. The maximum Gasteiger partial charge on any atom is 0.410 e. The number of piperidine rings is 1. The minimum absolute atomic E-state index is 0.147. The summed E-state index contributed by atoms with van der Waals surface area (Å²) < 4.78 is 5.29. The number of nitrogens with zero attached hydrogens (tertiary/aromatic N) is 2. The first-order valence-corrected chi connectivity index (χ1v) is 6.27. The van der Waals surface area contributed by atoms with Gasteiger partial charge in [0.05, 0.1) is 0 Å².